The first kappa shape index (κ1) is 22.2. The van der Waals surface area contributed by atoms with E-state index in [0.29, 0.717) is 16.8 Å². The summed E-state index contributed by atoms with van der Waals surface area (Å²) in [7, 11) is 1.58. The smallest absolute Gasteiger partial charge is 0.272 e. The van der Waals surface area contributed by atoms with Crippen molar-refractivity contribution in [3.05, 3.63) is 95.3 Å². The molecule has 2 amide bonds. The maximum absolute atomic E-state index is 14.7. The molecule has 4 N–H and O–H groups in total. The standard InChI is InChI=1S/C25H23FN4O3/c1-30-21-12-5-3-10-18(21)22(17-9-2-4-11-19(17)26)28-23(25(30)33)29-24(32)20(27)14-15-7-6-8-16(31)13-15/h2-13,20,23,31H,14,27H2,1H3,(H,29,32)/t20-,23?/m1/s1. The average molecular weight is 446 g/mol. The first-order chi connectivity index (χ1) is 15.8. The van der Waals surface area contributed by atoms with Crippen molar-refractivity contribution < 1.29 is 19.1 Å². The molecule has 0 spiro atoms. The number of nitrogens with one attached hydrogen (secondary N) is 1. The molecule has 7 nitrogen and oxygen atoms in total. The van der Waals surface area contributed by atoms with E-state index < -0.39 is 29.8 Å². The largest absolute Gasteiger partial charge is 0.508 e. The van der Waals surface area contributed by atoms with Gasteiger partial charge in [-0.2, -0.15) is 0 Å². The molecule has 0 saturated carbocycles. The highest BCUT2D eigenvalue weighted by atomic mass is 19.1. The zero-order chi connectivity index (χ0) is 23.5. The molecular weight excluding hydrogens is 423 g/mol. The van der Waals surface area contributed by atoms with Gasteiger partial charge >= 0.3 is 0 Å². The van der Waals surface area contributed by atoms with Crippen LogP contribution in [0.3, 0.4) is 0 Å². The number of hydrogen-bond acceptors (Lipinski definition) is 5. The minimum absolute atomic E-state index is 0.0672. The lowest BCUT2D eigenvalue weighted by atomic mass is 10.00. The van der Waals surface area contributed by atoms with Gasteiger partial charge in [0, 0.05) is 18.2 Å². The van der Waals surface area contributed by atoms with Crippen LogP contribution in [-0.4, -0.2) is 41.9 Å². The highest BCUT2D eigenvalue weighted by Gasteiger charge is 2.32. The Morgan fingerprint density at radius 3 is 2.55 bits per heavy atom. The van der Waals surface area contributed by atoms with Crippen LogP contribution in [0.15, 0.2) is 77.8 Å². The molecule has 0 aromatic heterocycles. The normalized spacial score (nSPS) is 16.5. The summed E-state index contributed by atoms with van der Waals surface area (Å²) >= 11 is 0. The lowest BCUT2D eigenvalue weighted by Gasteiger charge is -2.22. The fourth-order valence-electron chi connectivity index (χ4n) is 3.76. The van der Waals surface area contributed by atoms with E-state index in [-0.39, 0.29) is 23.4 Å². The number of para-hydroxylation sites is 1. The lowest BCUT2D eigenvalue weighted by molar-refractivity contribution is -0.128. The molecule has 0 radical (unpaired) electrons. The zero-order valence-corrected chi connectivity index (χ0v) is 17.9. The van der Waals surface area contributed by atoms with Gasteiger partial charge in [-0.05, 0) is 42.3 Å². The number of carbonyl (C=O) groups excluding carboxylic acids is 2. The summed E-state index contributed by atoms with van der Waals surface area (Å²) in [5.74, 6) is -1.49. The number of likely N-dealkylation sites (N-methyl/N-ethyl adjacent to an activating group) is 1. The summed E-state index contributed by atoms with van der Waals surface area (Å²) in [4.78, 5) is 31.9. The zero-order valence-electron chi connectivity index (χ0n) is 17.9. The lowest BCUT2D eigenvalue weighted by Crippen LogP contribution is -2.51. The molecule has 1 aliphatic heterocycles. The molecule has 8 heteroatoms. The summed E-state index contributed by atoms with van der Waals surface area (Å²) in [6.07, 6.45) is -1.14. The number of amides is 2. The maximum atomic E-state index is 14.7. The number of benzene rings is 3. The van der Waals surface area contributed by atoms with E-state index in [0.717, 1.165) is 0 Å². The van der Waals surface area contributed by atoms with E-state index in [9.17, 15) is 19.1 Å². The molecule has 2 atom stereocenters. The van der Waals surface area contributed by atoms with E-state index in [4.69, 9.17) is 5.73 Å². The van der Waals surface area contributed by atoms with Crippen molar-refractivity contribution in [1.82, 2.24) is 5.32 Å². The van der Waals surface area contributed by atoms with Crippen molar-refractivity contribution in [1.29, 1.82) is 0 Å². The number of aromatic hydroxyl groups is 1. The molecule has 33 heavy (non-hydrogen) atoms. The Hall–Kier alpha value is -4.04. The molecule has 1 heterocycles. The van der Waals surface area contributed by atoms with Gasteiger partial charge in [0.15, 0.2) is 0 Å². The Bertz CT molecular complexity index is 1240. The van der Waals surface area contributed by atoms with Gasteiger partial charge in [0.2, 0.25) is 12.1 Å². The van der Waals surface area contributed by atoms with Gasteiger partial charge < -0.3 is 21.1 Å². The van der Waals surface area contributed by atoms with Crippen molar-refractivity contribution in [2.45, 2.75) is 18.6 Å². The van der Waals surface area contributed by atoms with E-state index in [1.165, 1.54) is 23.1 Å². The number of fused-ring (bicyclic) bond motifs is 1. The summed E-state index contributed by atoms with van der Waals surface area (Å²) in [5, 5.41) is 12.2. The molecule has 3 aromatic carbocycles. The fraction of sp³-hybridized carbons (Fsp3) is 0.160. The Kier molecular flexibility index (Phi) is 6.19. The van der Waals surface area contributed by atoms with Crippen LogP contribution >= 0.6 is 0 Å². The third kappa shape index (κ3) is 4.61. The van der Waals surface area contributed by atoms with Crippen LogP contribution in [0.2, 0.25) is 0 Å². The first-order valence-corrected chi connectivity index (χ1v) is 10.4. The number of benzodiazepines with no additional fused rings is 1. The third-order valence-electron chi connectivity index (χ3n) is 5.45. The Morgan fingerprint density at radius 2 is 1.82 bits per heavy atom. The molecule has 1 unspecified atom stereocenters. The third-order valence-corrected chi connectivity index (χ3v) is 5.45. The number of hydrogen-bond donors (Lipinski definition) is 3. The van der Waals surface area contributed by atoms with Crippen LogP contribution in [0.25, 0.3) is 0 Å². The molecule has 0 saturated heterocycles. The predicted molar refractivity (Wildman–Crippen MR) is 124 cm³/mol. The van der Waals surface area contributed by atoms with Gasteiger partial charge in [0.25, 0.3) is 5.91 Å². The van der Waals surface area contributed by atoms with Crippen molar-refractivity contribution in [2.75, 3.05) is 11.9 Å². The quantitative estimate of drug-likeness (QED) is 0.559. The molecule has 4 rings (SSSR count). The van der Waals surface area contributed by atoms with Crippen LogP contribution in [0.1, 0.15) is 16.7 Å². The van der Waals surface area contributed by atoms with Gasteiger partial charge in [0.05, 0.1) is 17.4 Å². The van der Waals surface area contributed by atoms with Crippen molar-refractivity contribution in [3.63, 3.8) is 0 Å². The molecule has 1 aliphatic rings. The molecule has 0 fully saturated rings. The number of phenolic OH excluding ortho intramolecular Hbond substituents is 1. The Balaban J connectivity index is 1.67. The number of rotatable bonds is 5. The number of nitrogens with zero attached hydrogens (tertiary/aromatic N) is 2. The number of aliphatic imine (C=N–C) groups is 1. The van der Waals surface area contributed by atoms with Crippen molar-refractivity contribution in [2.24, 2.45) is 10.7 Å². The van der Waals surface area contributed by atoms with Crippen LogP contribution in [0.4, 0.5) is 10.1 Å². The second-order valence-corrected chi connectivity index (χ2v) is 7.76. The summed E-state index contributed by atoms with van der Waals surface area (Å²) in [6, 6.07) is 18.6. The number of halogens is 1. The summed E-state index contributed by atoms with van der Waals surface area (Å²) in [6.45, 7) is 0. The van der Waals surface area contributed by atoms with Crippen LogP contribution in [0, 0.1) is 5.82 Å². The highest BCUT2D eigenvalue weighted by Crippen LogP contribution is 2.28. The monoisotopic (exact) mass is 446 g/mol. The minimum atomic E-state index is -1.29. The van der Waals surface area contributed by atoms with Crippen molar-refractivity contribution >= 4 is 23.2 Å². The van der Waals surface area contributed by atoms with Crippen molar-refractivity contribution in [3.8, 4) is 5.75 Å². The number of nitrogens with two attached hydrogens (primary N) is 1. The molecule has 0 bridgehead atoms. The van der Waals surface area contributed by atoms with Gasteiger partial charge in [-0.3, -0.25) is 9.59 Å². The number of phenols is 1. The second kappa shape index (κ2) is 9.22. The maximum Gasteiger partial charge on any atom is 0.272 e. The first-order valence-electron chi connectivity index (χ1n) is 10.4. The minimum Gasteiger partial charge on any atom is -0.508 e. The van der Waals surface area contributed by atoms with E-state index in [1.807, 2.05) is 0 Å². The van der Waals surface area contributed by atoms with Gasteiger partial charge in [-0.25, -0.2) is 9.38 Å². The summed E-state index contributed by atoms with van der Waals surface area (Å²) in [5.41, 5.74) is 8.33. The highest BCUT2D eigenvalue weighted by molar-refractivity contribution is 6.20. The number of anilines is 1. The topological polar surface area (TPSA) is 108 Å². The van der Waals surface area contributed by atoms with E-state index in [1.54, 1.807) is 61.6 Å². The summed E-state index contributed by atoms with van der Waals surface area (Å²) < 4.78 is 14.7. The SMILES string of the molecule is CN1C(=O)C(NC(=O)[C@H](N)Cc2cccc(O)c2)N=C(c2ccccc2F)c2ccccc21. The van der Waals surface area contributed by atoms with Crippen LogP contribution < -0.4 is 16.0 Å². The van der Waals surface area contributed by atoms with Crippen LogP contribution in [0.5, 0.6) is 5.75 Å². The fourth-order valence-corrected chi connectivity index (χ4v) is 3.76. The van der Waals surface area contributed by atoms with Gasteiger partial charge in [0.1, 0.15) is 11.6 Å². The average Bonchev–Trinajstić information content (AvgIpc) is 2.90. The van der Waals surface area contributed by atoms with E-state index in [2.05, 4.69) is 10.3 Å². The Labute approximate surface area is 190 Å². The van der Waals surface area contributed by atoms with Gasteiger partial charge in [-0.15, -0.1) is 0 Å². The number of carbonyl (C=O) groups is 2. The molecule has 0 aliphatic carbocycles. The molecule has 3 aromatic rings. The molecular formula is C25H23FN4O3. The predicted octanol–water partition coefficient (Wildman–Crippen LogP) is 2.36. The van der Waals surface area contributed by atoms with Gasteiger partial charge in [-0.1, -0.05) is 42.5 Å². The van der Waals surface area contributed by atoms with Crippen LogP contribution in [-0.2, 0) is 16.0 Å². The second-order valence-electron chi connectivity index (χ2n) is 7.76. The molecule has 168 valence electrons. The Morgan fingerprint density at radius 1 is 1.12 bits per heavy atom. The van der Waals surface area contributed by atoms with E-state index >= 15 is 0 Å².